The van der Waals surface area contributed by atoms with Gasteiger partial charge in [-0.2, -0.15) is 0 Å². The first-order chi connectivity index (χ1) is 11.5. The maximum atomic E-state index is 11.8. The molecule has 0 aliphatic carbocycles. The predicted molar refractivity (Wildman–Crippen MR) is 92.0 cm³/mol. The monoisotopic (exact) mass is 367 g/mol. The van der Waals surface area contributed by atoms with Crippen LogP contribution in [0.5, 0.6) is 0 Å². The molecule has 1 atom stereocenters. The van der Waals surface area contributed by atoms with E-state index >= 15 is 0 Å². The van der Waals surface area contributed by atoms with E-state index < -0.39 is 17.3 Å². The first-order valence-electron chi connectivity index (χ1n) is 6.94. The number of imide groups is 1. The first kappa shape index (κ1) is 18.1. The van der Waals surface area contributed by atoms with Gasteiger partial charge in [-0.1, -0.05) is 53.9 Å². The minimum atomic E-state index is -0.805. The minimum Gasteiger partial charge on any atom is -0.453 e. The normalized spacial score (nSPS) is 11.8. The number of ether oxygens (including phenoxy) is 1. The first-order valence-corrected chi connectivity index (χ1v) is 8.80. The van der Waals surface area contributed by atoms with Gasteiger partial charge in [-0.15, -0.1) is 10.2 Å². The van der Waals surface area contributed by atoms with Gasteiger partial charge in [-0.3, -0.25) is 10.1 Å². The Kier molecular flexibility index (Phi) is 6.50. The Hall–Kier alpha value is -2.20. The van der Waals surface area contributed by atoms with Gasteiger partial charge in [0.1, 0.15) is 0 Å². The topological polar surface area (TPSA) is 112 Å². The van der Waals surface area contributed by atoms with E-state index in [1.807, 2.05) is 30.3 Å². The molecule has 0 radical (unpaired) electrons. The molecule has 24 heavy (non-hydrogen) atoms. The maximum absolute atomic E-state index is 11.8. The highest BCUT2D eigenvalue weighted by Gasteiger charge is 2.21. The van der Waals surface area contributed by atoms with E-state index in [1.54, 1.807) is 6.92 Å². The van der Waals surface area contributed by atoms with Crippen LogP contribution in [0.3, 0.4) is 0 Å². The average molecular weight is 367 g/mol. The number of rotatable bonds is 6. The van der Waals surface area contributed by atoms with Crippen molar-refractivity contribution in [2.75, 3.05) is 13.0 Å². The zero-order valence-corrected chi connectivity index (χ0v) is 14.8. The number of nitrogens with one attached hydrogen (secondary N) is 1. The fraction of sp³-hybridized carbons (Fsp3) is 0.286. The molecule has 0 spiro atoms. The summed E-state index contributed by atoms with van der Waals surface area (Å²) >= 11 is 2.55. The molecule has 2 amide bonds. The van der Waals surface area contributed by atoms with Crippen LogP contribution in [0.2, 0.25) is 0 Å². The number of nitrogens with two attached hydrogens (primary N) is 1. The van der Waals surface area contributed by atoms with Crippen LogP contribution >= 0.6 is 23.5 Å². The molecular formula is C14H17N5O3S2. The number of hydrogen-bond acceptors (Lipinski definition) is 8. The van der Waals surface area contributed by atoms with Gasteiger partial charge in [0.15, 0.2) is 0 Å². The van der Waals surface area contributed by atoms with Gasteiger partial charge in [0, 0.05) is 5.75 Å². The SMILES string of the molecule is COC(=O)NC(=O)[C@H](C)Sc1nnc(SCc2ccccc2)n1N. The number of nitrogens with zero attached hydrogens (tertiary/aromatic N) is 3. The molecule has 2 aromatic rings. The van der Waals surface area contributed by atoms with E-state index in [2.05, 4.69) is 20.3 Å². The van der Waals surface area contributed by atoms with Crippen molar-refractivity contribution in [1.82, 2.24) is 20.2 Å². The third-order valence-corrected chi connectivity index (χ3v) is 4.98. The molecule has 2 rings (SSSR count). The summed E-state index contributed by atoms with van der Waals surface area (Å²) in [7, 11) is 1.19. The highest BCUT2D eigenvalue weighted by Crippen LogP contribution is 2.26. The third kappa shape index (κ3) is 4.90. The smallest absolute Gasteiger partial charge is 0.413 e. The largest absolute Gasteiger partial charge is 0.453 e. The molecule has 1 heterocycles. The molecule has 0 unspecified atom stereocenters. The Balaban J connectivity index is 1.94. The molecule has 0 saturated carbocycles. The molecule has 0 bridgehead atoms. The van der Waals surface area contributed by atoms with Crippen molar-refractivity contribution < 1.29 is 14.3 Å². The van der Waals surface area contributed by atoms with Crippen LogP contribution in [-0.4, -0.2) is 39.2 Å². The predicted octanol–water partition coefficient (Wildman–Crippen LogP) is 1.65. The summed E-state index contributed by atoms with van der Waals surface area (Å²) in [6, 6.07) is 9.91. The highest BCUT2D eigenvalue weighted by atomic mass is 32.2. The van der Waals surface area contributed by atoms with Crippen LogP contribution in [0.15, 0.2) is 40.6 Å². The van der Waals surface area contributed by atoms with Gasteiger partial charge in [-0.25, -0.2) is 9.47 Å². The average Bonchev–Trinajstić information content (AvgIpc) is 2.93. The van der Waals surface area contributed by atoms with E-state index in [1.165, 1.54) is 23.5 Å². The quantitative estimate of drug-likeness (QED) is 0.585. The lowest BCUT2D eigenvalue weighted by atomic mass is 10.2. The maximum Gasteiger partial charge on any atom is 0.413 e. The van der Waals surface area contributed by atoms with Crippen LogP contribution < -0.4 is 11.2 Å². The van der Waals surface area contributed by atoms with E-state index in [0.29, 0.717) is 16.1 Å². The molecule has 0 saturated heterocycles. The van der Waals surface area contributed by atoms with Crippen molar-refractivity contribution in [2.45, 2.75) is 28.2 Å². The molecule has 0 aliphatic heterocycles. The number of benzene rings is 1. The lowest BCUT2D eigenvalue weighted by molar-refractivity contribution is -0.119. The van der Waals surface area contributed by atoms with Crippen molar-refractivity contribution >= 4 is 35.5 Å². The van der Waals surface area contributed by atoms with Gasteiger partial charge in [0.2, 0.25) is 16.2 Å². The number of thioether (sulfide) groups is 2. The highest BCUT2D eigenvalue weighted by molar-refractivity contribution is 8.00. The number of aromatic nitrogens is 3. The number of methoxy groups -OCH3 is 1. The number of nitrogen functional groups attached to an aromatic ring is 1. The van der Waals surface area contributed by atoms with Crippen molar-refractivity contribution in [3.05, 3.63) is 35.9 Å². The second kappa shape index (κ2) is 8.60. The van der Waals surface area contributed by atoms with Crippen LogP contribution in [-0.2, 0) is 15.3 Å². The molecule has 10 heteroatoms. The Morgan fingerprint density at radius 1 is 1.29 bits per heavy atom. The van der Waals surface area contributed by atoms with E-state index in [0.717, 1.165) is 17.3 Å². The van der Waals surface area contributed by atoms with Gasteiger partial charge in [0.25, 0.3) is 0 Å². The molecular weight excluding hydrogens is 350 g/mol. The molecule has 8 nitrogen and oxygen atoms in total. The Labute approximate surface area is 147 Å². The van der Waals surface area contributed by atoms with Crippen molar-refractivity contribution in [3.8, 4) is 0 Å². The second-order valence-corrected chi connectivity index (χ2v) is 6.90. The fourth-order valence-electron chi connectivity index (χ4n) is 1.63. The Morgan fingerprint density at radius 2 is 1.96 bits per heavy atom. The van der Waals surface area contributed by atoms with Gasteiger partial charge < -0.3 is 10.6 Å². The summed E-state index contributed by atoms with van der Waals surface area (Å²) in [5.74, 6) is 6.19. The lowest BCUT2D eigenvalue weighted by Gasteiger charge is -2.09. The third-order valence-electron chi connectivity index (χ3n) is 2.91. The number of carbonyl (C=O) groups is 2. The van der Waals surface area contributed by atoms with Gasteiger partial charge >= 0.3 is 6.09 Å². The number of amides is 2. The number of alkyl carbamates (subject to hydrolysis) is 1. The lowest BCUT2D eigenvalue weighted by Crippen LogP contribution is -2.36. The summed E-state index contributed by atoms with van der Waals surface area (Å²) in [6.07, 6.45) is -0.805. The molecule has 1 aromatic carbocycles. The van der Waals surface area contributed by atoms with Crippen LogP contribution in [0.25, 0.3) is 0 Å². The van der Waals surface area contributed by atoms with Crippen LogP contribution in [0.4, 0.5) is 4.79 Å². The zero-order valence-electron chi connectivity index (χ0n) is 13.1. The zero-order chi connectivity index (χ0) is 17.5. The van der Waals surface area contributed by atoms with Crippen molar-refractivity contribution in [1.29, 1.82) is 0 Å². The number of carbonyl (C=O) groups excluding carboxylic acids is 2. The molecule has 3 N–H and O–H groups in total. The van der Waals surface area contributed by atoms with Crippen LogP contribution in [0, 0.1) is 0 Å². The molecule has 0 fully saturated rings. The molecule has 0 aliphatic rings. The molecule has 128 valence electrons. The summed E-state index contributed by atoms with van der Waals surface area (Å²) in [6.45, 7) is 1.63. The van der Waals surface area contributed by atoms with Crippen molar-refractivity contribution in [2.24, 2.45) is 0 Å². The van der Waals surface area contributed by atoms with E-state index in [4.69, 9.17) is 5.84 Å². The minimum absolute atomic E-state index is 0.387. The summed E-state index contributed by atoms with van der Waals surface area (Å²) in [4.78, 5) is 22.9. The fourth-order valence-corrected chi connectivity index (χ4v) is 3.27. The van der Waals surface area contributed by atoms with Crippen LogP contribution in [0.1, 0.15) is 12.5 Å². The Morgan fingerprint density at radius 3 is 2.62 bits per heavy atom. The molecule has 1 aromatic heterocycles. The van der Waals surface area contributed by atoms with E-state index in [-0.39, 0.29) is 0 Å². The number of hydrogen-bond donors (Lipinski definition) is 2. The standard InChI is InChI=1S/C14H17N5O3S2/c1-9(11(20)16-14(21)22-2)24-13-18-17-12(19(13)15)23-8-10-6-4-3-5-7-10/h3-7,9H,8,15H2,1-2H3,(H,16,20,21)/t9-/m0/s1. The Bertz CT molecular complexity index is 708. The summed E-state index contributed by atoms with van der Waals surface area (Å²) in [5, 5.41) is 10.5. The second-order valence-electron chi connectivity index (χ2n) is 4.65. The van der Waals surface area contributed by atoms with Gasteiger partial charge in [-0.05, 0) is 12.5 Å². The van der Waals surface area contributed by atoms with E-state index in [9.17, 15) is 9.59 Å². The van der Waals surface area contributed by atoms with Gasteiger partial charge in [0.05, 0.1) is 12.4 Å². The summed E-state index contributed by atoms with van der Waals surface area (Å²) in [5.41, 5.74) is 1.14. The summed E-state index contributed by atoms with van der Waals surface area (Å²) < 4.78 is 5.72. The van der Waals surface area contributed by atoms with Crippen molar-refractivity contribution in [3.63, 3.8) is 0 Å².